The van der Waals surface area contributed by atoms with E-state index in [0.29, 0.717) is 0 Å². The third-order valence-electron chi connectivity index (χ3n) is 3.53. The first-order valence-corrected chi connectivity index (χ1v) is 6.86. The van der Waals surface area contributed by atoms with Gasteiger partial charge < -0.3 is 5.11 Å². The Kier molecular flexibility index (Phi) is 3.77. The van der Waals surface area contributed by atoms with Gasteiger partial charge in [0.05, 0.1) is 11.1 Å². The number of nitrogens with zero attached hydrogens (tertiary/aromatic N) is 1. The van der Waals surface area contributed by atoms with E-state index in [1.54, 1.807) is 11.5 Å². The second-order valence-corrected chi connectivity index (χ2v) is 5.25. The van der Waals surface area contributed by atoms with Crippen molar-refractivity contribution in [2.75, 3.05) is 0 Å². The average Bonchev–Trinajstić information content (AvgIpc) is 2.52. The van der Waals surface area contributed by atoms with Gasteiger partial charge in [0.1, 0.15) is 0 Å². The van der Waals surface area contributed by atoms with Gasteiger partial charge in [-0.1, -0.05) is 35.9 Å². The Balaban J connectivity index is 2.32. The summed E-state index contributed by atoms with van der Waals surface area (Å²) in [7, 11) is 0. The van der Waals surface area contributed by atoms with Gasteiger partial charge in [-0.2, -0.15) is 0 Å². The van der Waals surface area contributed by atoms with Gasteiger partial charge in [0.15, 0.2) is 0 Å². The number of carbonyl (C=O) groups excluding carboxylic acids is 1. The number of aromatic carboxylic acids is 1. The van der Waals surface area contributed by atoms with Gasteiger partial charge in [0.25, 0.3) is 5.91 Å². The molecule has 6 nitrogen and oxygen atoms in total. The highest BCUT2D eigenvalue weighted by molar-refractivity contribution is 6.32. The van der Waals surface area contributed by atoms with Crippen molar-refractivity contribution in [3.63, 3.8) is 0 Å². The molecular formula is C15H9ClFN2O4. The van der Waals surface area contributed by atoms with Crippen LogP contribution in [0.25, 0.3) is 11.1 Å². The lowest BCUT2D eigenvalue weighted by Gasteiger charge is -2.28. The summed E-state index contributed by atoms with van der Waals surface area (Å²) in [6.07, 6.45) is -2.04. The highest BCUT2D eigenvalue weighted by atomic mass is 35.5. The molecule has 1 atom stereocenters. The van der Waals surface area contributed by atoms with Crippen molar-refractivity contribution in [2.24, 2.45) is 0 Å². The first-order valence-electron chi connectivity index (χ1n) is 6.48. The van der Waals surface area contributed by atoms with Crippen LogP contribution in [0.1, 0.15) is 32.5 Å². The molecule has 1 heterocycles. The normalized spacial score (nSPS) is 17.5. The summed E-state index contributed by atoms with van der Waals surface area (Å²) in [5.41, 5.74) is 1.82. The van der Waals surface area contributed by atoms with Crippen molar-refractivity contribution in [2.45, 2.75) is 6.23 Å². The van der Waals surface area contributed by atoms with Gasteiger partial charge in [0.2, 0.25) is 6.23 Å². The van der Waals surface area contributed by atoms with E-state index in [4.69, 9.17) is 11.6 Å². The summed E-state index contributed by atoms with van der Waals surface area (Å²) >= 11 is 5.94. The molecule has 0 saturated carbocycles. The summed E-state index contributed by atoms with van der Waals surface area (Å²) in [6, 6.07) is 8.78. The Morgan fingerprint density at radius 3 is 2.61 bits per heavy atom. The van der Waals surface area contributed by atoms with Crippen molar-refractivity contribution in [1.29, 1.82) is 0 Å². The average molecular weight is 336 g/mol. The van der Waals surface area contributed by atoms with Crippen LogP contribution in [0.3, 0.4) is 0 Å². The first kappa shape index (κ1) is 15.4. The summed E-state index contributed by atoms with van der Waals surface area (Å²) in [6.45, 7) is 0. The third kappa shape index (κ3) is 2.44. The van der Waals surface area contributed by atoms with Crippen LogP contribution in [0.5, 0.6) is 0 Å². The monoisotopic (exact) mass is 335 g/mol. The van der Waals surface area contributed by atoms with Crippen molar-refractivity contribution >= 4 is 23.5 Å². The number of rotatable bonds is 2. The van der Waals surface area contributed by atoms with Gasteiger partial charge in [-0.25, -0.2) is 9.90 Å². The summed E-state index contributed by atoms with van der Waals surface area (Å²) < 4.78 is 13.5. The lowest BCUT2D eigenvalue weighted by atomic mass is 9.90. The van der Waals surface area contributed by atoms with Gasteiger partial charge in [-0.3, -0.25) is 10.2 Å². The van der Waals surface area contributed by atoms with E-state index in [1.807, 2.05) is 0 Å². The molecule has 1 unspecified atom stereocenters. The van der Waals surface area contributed by atoms with Gasteiger partial charge in [0, 0.05) is 10.6 Å². The summed E-state index contributed by atoms with van der Waals surface area (Å²) in [4.78, 5) is 23.5. The summed E-state index contributed by atoms with van der Waals surface area (Å²) in [5, 5.41) is 20.9. The molecule has 0 spiro atoms. The minimum Gasteiger partial charge on any atom is -0.478 e. The minimum atomic E-state index is -2.04. The van der Waals surface area contributed by atoms with Crippen LogP contribution in [-0.2, 0) is 5.11 Å². The molecule has 0 bridgehead atoms. The number of nitrogens with one attached hydrogen (secondary N) is 1. The molecule has 2 N–H and O–H groups in total. The Morgan fingerprint density at radius 2 is 1.91 bits per heavy atom. The van der Waals surface area contributed by atoms with Crippen LogP contribution in [0.2, 0.25) is 5.02 Å². The van der Waals surface area contributed by atoms with Crippen LogP contribution in [0.4, 0.5) is 4.48 Å². The number of benzene rings is 2. The van der Waals surface area contributed by atoms with Gasteiger partial charge in [-0.05, 0) is 28.5 Å². The first-order chi connectivity index (χ1) is 10.9. The Labute approximate surface area is 134 Å². The van der Waals surface area contributed by atoms with E-state index in [9.17, 15) is 24.3 Å². The molecule has 0 aromatic heterocycles. The van der Waals surface area contributed by atoms with E-state index in [2.05, 4.69) is 0 Å². The molecule has 23 heavy (non-hydrogen) atoms. The second-order valence-electron chi connectivity index (χ2n) is 4.84. The van der Waals surface area contributed by atoms with Gasteiger partial charge >= 0.3 is 5.97 Å². The number of carbonyl (C=O) groups is 2. The number of fused-ring (bicyclic) bond motifs is 1. The highest BCUT2D eigenvalue weighted by Gasteiger charge is 2.36. The molecule has 0 fully saturated rings. The van der Waals surface area contributed by atoms with Crippen LogP contribution in [0, 0.1) is 0 Å². The molecule has 1 amide bonds. The second kappa shape index (κ2) is 5.62. The fraction of sp³-hybridized carbons (Fsp3) is 0.0667. The molecule has 1 aliphatic rings. The number of halogens is 2. The number of carboxylic acids is 1. The Hall–Kier alpha value is -2.48. The smallest absolute Gasteiger partial charge is 0.336 e. The maximum atomic E-state index is 13.5. The maximum absolute atomic E-state index is 13.5. The van der Waals surface area contributed by atoms with Crippen molar-refractivity contribution in [3.05, 3.63) is 58.1 Å². The van der Waals surface area contributed by atoms with Crippen LogP contribution in [0.15, 0.2) is 36.4 Å². The Morgan fingerprint density at radius 1 is 1.22 bits per heavy atom. The molecular weight excluding hydrogens is 327 g/mol. The quantitative estimate of drug-likeness (QED) is 0.826. The lowest BCUT2D eigenvalue weighted by molar-refractivity contribution is -0.185. The molecule has 3 rings (SSSR count). The SMILES string of the molecule is [O]C1c2c(Cl)ccc(-c3ccccc3C(=O)O)c2C(=O)NN1F. The largest absolute Gasteiger partial charge is 0.478 e. The summed E-state index contributed by atoms with van der Waals surface area (Å²) in [5.74, 6) is -2.06. The number of hydrogen-bond acceptors (Lipinski definition) is 3. The zero-order chi connectivity index (χ0) is 16.7. The third-order valence-corrected chi connectivity index (χ3v) is 3.86. The molecule has 1 aliphatic heterocycles. The molecule has 1 radical (unpaired) electrons. The number of amides is 1. The van der Waals surface area contributed by atoms with Crippen molar-refractivity contribution in [1.82, 2.24) is 10.7 Å². The van der Waals surface area contributed by atoms with E-state index >= 15 is 0 Å². The molecule has 2 aromatic carbocycles. The zero-order valence-corrected chi connectivity index (χ0v) is 12.2. The predicted molar refractivity (Wildman–Crippen MR) is 77.7 cm³/mol. The van der Waals surface area contributed by atoms with E-state index in [-0.39, 0.29) is 38.1 Å². The maximum Gasteiger partial charge on any atom is 0.336 e. The predicted octanol–water partition coefficient (Wildman–Crippen LogP) is 2.98. The fourth-order valence-corrected chi connectivity index (χ4v) is 2.78. The Bertz CT molecular complexity index is 827. The van der Waals surface area contributed by atoms with Crippen molar-refractivity contribution < 1.29 is 24.3 Å². The van der Waals surface area contributed by atoms with E-state index in [0.717, 1.165) is 0 Å². The zero-order valence-electron chi connectivity index (χ0n) is 11.4. The molecule has 0 saturated heterocycles. The standard InChI is InChI=1S/C15H9ClFN2O4/c16-10-6-5-8(7-3-1-2-4-9(7)15(22)23)11-12(10)14(21)19(17)18-13(11)20/h1-6,14H,(H,18,20)(H,22,23). The number of carboxylic acid groups (broad SMARTS) is 1. The highest BCUT2D eigenvalue weighted by Crippen LogP contribution is 2.39. The van der Waals surface area contributed by atoms with Crippen LogP contribution >= 0.6 is 11.6 Å². The van der Waals surface area contributed by atoms with Crippen molar-refractivity contribution in [3.8, 4) is 11.1 Å². The topological polar surface area (TPSA) is 89.5 Å². The minimum absolute atomic E-state index is 0.0463. The van der Waals surface area contributed by atoms with E-state index in [1.165, 1.54) is 30.3 Å². The molecule has 0 aliphatic carbocycles. The molecule has 117 valence electrons. The van der Waals surface area contributed by atoms with Crippen LogP contribution < -0.4 is 5.43 Å². The lowest BCUT2D eigenvalue weighted by Crippen LogP contribution is -2.44. The van der Waals surface area contributed by atoms with E-state index < -0.39 is 18.1 Å². The molecule has 8 heteroatoms. The number of hydrogen-bond donors (Lipinski definition) is 2. The van der Waals surface area contributed by atoms with Gasteiger partial charge in [-0.15, -0.1) is 4.48 Å². The fourth-order valence-electron chi connectivity index (χ4n) is 2.53. The van der Waals surface area contributed by atoms with Crippen LogP contribution in [-0.4, -0.2) is 22.2 Å². The molecule has 2 aromatic rings. The number of hydrazine groups is 1.